The molecule has 7 nitrogen and oxygen atoms in total. The second-order valence-electron chi connectivity index (χ2n) is 5.89. The van der Waals surface area contributed by atoms with Crippen LogP contribution in [0.1, 0.15) is 5.56 Å². The van der Waals surface area contributed by atoms with Crippen molar-refractivity contribution in [2.75, 3.05) is 34.6 Å². The zero-order valence-electron chi connectivity index (χ0n) is 14.5. The molecule has 3 rings (SSSR count). The van der Waals surface area contributed by atoms with Gasteiger partial charge < -0.3 is 10.1 Å². The molecule has 0 unspecified atom stereocenters. The summed E-state index contributed by atoms with van der Waals surface area (Å²) >= 11 is 0. The molecular formula is C17H18FN3O4S. The number of carbonyl (C=O) groups is 1. The fraction of sp³-hybridized carbons (Fsp3) is 0.235. The number of hydrogen-bond donors (Lipinski definition) is 1. The first-order chi connectivity index (χ1) is 12.2. The summed E-state index contributed by atoms with van der Waals surface area (Å²) in [6, 6.07) is 8.65. The highest BCUT2D eigenvalue weighted by atomic mass is 32.2. The van der Waals surface area contributed by atoms with Crippen molar-refractivity contribution in [2.45, 2.75) is 6.92 Å². The predicted octanol–water partition coefficient (Wildman–Crippen LogP) is 2.28. The number of benzene rings is 2. The molecule has 2 aromatic rings. The van der Waals surface area contributed by atoms with Crippen LogP contribution in [0, 0.1) is 12.7 Å². The van der Waals surface area contributed by atoms with Crippen molar-refractivity contribution in [2.24, 2.45) is 0 Å². The van der Waals surface area contributed by atoms with E-state index in [4.69, 9.17) is 4.74 Å². The molecule has 0 spiro atoms. The van der Waals surface area contributed by atoms with Gasteiger partial charge in [0.1, 0.15) is 11.6 Å². The molecule has 2 aromatic carbocycles. The van der Waals surface area contributed by atoms with Gasteiger partial charge in [0.25, 0.3) is 5.91 Å². The lowest BCUT2D eigenvalue weighted by Gasteiger charge is -2.13. The molecule has 0 radical (unpaired) electrons. The Kier molecular flexibility index (Phi) is 4.49. The molecule has 9 heteroatoms. The minimum Gasteiger partial charge on any atom is -0.484 e. The van der Waals surface area contributed by atoms with E-state index in [9.17, 15) is 17.6 Å². The summed E-state index contributed by atoms with van der Waals surface area (Å²) in [6.07, 6.45) is 0. The lowest BCUT2D eigenvalue weighted by atomic mass is 10.1. The van der Waals surface area contributed by atoms with Gasteiger partial charge in [-0.15, -0.1) is 0 Å². The molecule has 0 fully saturated rings. The van der Waals surface area contributed by atoms with Gasteiger partial charge in [0.05, 0.1) is 11.4 Å². The fourth-order valence-corrected chi connectivity index (χ4v) is 3.78. The molecule has 0 saturated heterocycles. The maximum atomic E-state index is 12.9. The summed E-state index contributed by atoms with van der Waals surface area (Å²) in [7, 11) is -0.643. The lowest BCUT2D eigenvalue weighted by Crippen LogP contribution is -2.32. The monoisotopic (exact) mass is 379 g/mol. The summed E-state index contributed by atoms with van der Waals surface area (Å²) in [5, 5.41) is 2.71. The first kappa shape index (κ1) is 18.0. The van der Waals surface area contributed by atoms with Gasteiger partial charge in [0.15, 0.2) is 6.61 Å². The van der Waals surface area contributed by atoms with Crippen LogP contribution < -0.4 is 18.7 Å². The van der Waals surface area contributed by atoms with Gasteiger partial charge in [-0.3, -0.25) is 13.4 Å². The molecule has 1 aliphatic heterocycles. The number of nitrogens with zero attached hydrogens (tertiary/aromatic N) is 2. The van der Waals surface area contributed by atoms with Crippen LogP contribution in [0.5, 0.6) is 5.75 Å². The Morgan fingerprint density at radius 2 is 1.69 bits per heavy atom. The van der Waals surface area contributed by atoms with Gasteiger partial charge in [-0.2, -0.15) is 8.42 Å². The summed E-state index contributed by atoms with van der Waals surface area (Å²) in [6.45, 7) is 1.52. The number of aryl methyl sites for hydroxylation is 1. The van der Waals surface area contributed by atoms with Crippen molar-refractivity contribution in [1.29, 1.82) is 0 Å². The van der Waals surface area contributed by atoms with E-state index in [1.807, 2.05) is 0 Å². The Balaban J connectivity index is 1.74. The van der Waals surface area contributed by atoms with E-state index < -0.39 is 16.1 Å². The third kappa shape index (κ3) is 3.17. The highest BCUT2D eigenvalue weighted by Crippen LogP contribution is 2.41. The first-order valence-corrected chi connectivity index (χ1v) is 9.15. The van der Waals surface area contributed by atoms with E-state index in [1.165, 1.54) is 42.7 Å². The normalized spacial score (nSPS) is 14.9. The van der Waals surface area contributed by atoms with Gasteiger partial charge in [0.2, 0.25) is 0 Å². The van der Waals surface area contributed by atoms with Gasteiger partial charge in [0, 0.05) is 19.8 Å². The number of halogens is 1. The summed E-state index contributed by atoms with van der Waals surface area (Å²) in [5.41, 5.74) is 2.24. The molecule has 1 aliphatic rings. The van der Waals surface area contributed by atoms with Crippen LogP contribution >= 0.6 is 0 Å². The van der Waals surface area contributed by atoms with E-state index in [0.29, 0.717) is 22.8 Å². The molecule has 0 bridgehead atoms. The minimum atomic E-state index is -3.58. The molecule has 0 saturated carbocycles. The molecule has 138 valence electrons. The van der Waals surface area contributed by atoms with Crippen molar-refractivity contribution in [3.05, 3.63) is 47.8 Å². The van der Waals surface area contributed by atoms with Crippen LogP contribution in [0.2, 0.25) is 0 Å². The average Bonchev–Trinajstić information content (AvgIpc) is 2.76. The number of ether oxygens (including phenoxy) is 1. The third-order valence-corrected chi connectivity index (χ3v) is 5.93. The van der Waals surface area contributed by atoms with Gasteiger partial charge in [-0.05, 0) is 48.9 Å². The Labute approximate surface area is 151 Å². The van der Waals surface area contributed by atoms with E-state index in [1.54, 1.807) is 19.1 Å². The molecule has 0 atom stereocenters. The molecule has 0 aliphatic carbocycles. The van der Waals surface area contributed by atoms with Gasteiger partial charge in [-0.25, -0.2) is 4.39 Å². The van der Waals surface area contributed by atoms with Crippen LogP contribution in [0.4, 0.5) is 21.5 Å². The number of amides is 1. The smallest absolute Gasteiger partial charge is 0.326 e. The van der Waals surface area contributed by atoms with Crippen molar-refractivity contribution in [3.8, 4) is 5.75 Å². The predicted molar refractivity (Wildman–Crippen MR) is 97.4 cm³/mol. The van der Waals surface area contributed by atoms with Crippen LogP contribution in [-0.4, -0.2) is 35.0 Å². The Bertz CT molecular complexity index is 961. The highest BCUT2D eigenvalue weighted by molar-refractivity contribution is 7.94. The molecule has 1 amide bonds. The Hall–Kier alpha value is -2.81. The quantitative estimate of drug-likeness (QED) is 0.884. The lowest BCUT2D eigenvalue weighted by molar-refractivity contribution is -0.118. The maximum absolute atomic E-state index is 12.9. The topological polar surface area (TPSA) is 79.0 Å². The molecular weight excluding hydrogens is 361 g/mol. The summed E-state index contributed by atoms with van der Waals surface area (Å²) < 4.78 is 44.9. The van der Waals surface area contributed by atoms with E-state index in [0.717, 1.165) is 9.87 Å². The minimum absolute atomic E-state index is 0.254. The van der Waals surface area contributed by atoms with Crippen LogP contribution in [0.3, 0.4) is 0 Å². The standard InChI is InChI=1S/C17H18FN3O4S/c1-11-8-15-16(21(3)26(23,24)20(15)2)9-14(11)19-17(22)10-25-13-6-4-12(18)5-7-13/h4-9H,10H2,1-3H3,(H,19,22). The Morgan fingerprint density at radius 3 is 2.31 bits per heavy atom. The highest BCUT2D eigenvalue weighted by Gasteiger charge is 2.35. The maximum Gasteiger partial charge on any atom is 0.326 e. The van der Waals surface area contributed by atoms with E-state index in [-0.39, 0.29) is 12.4 Å². The third-order valence-electron chi connectivity index (χ3n) is 4.15. The number of hydrogen-bond acceptors (Lipinski definition) is 4. The zero-order chi connectivity index (χ0) is 19.1. The van der Waals surface area contributed by atoms with Gasteiger partial charge >= 0.3 is 10.2 Å². The number of fused-ring (bicyclic) bond motifs is 1. The first-order valence-electron chi connectivity index (χ1n) is 7.76. The summed E-state index contributed by atoms with van der Waals surface area (Å²) in [5.74, 6) is -0.423. The van der Waals surface area contributed by atoms with Crippen molar-refractivity contribution in [3.63, 3.8) is 0 Å². The van der Waals surface area contributed by atoms with E-state index >= 15 is 0 Å². The van der Waals surface area contributed by atoms with E-state index in [2.05, 4.69) is 5.32 Å². The second-order valence-corrected chi connectivity index (χ2v) is 7.88. The van der Waals surface area contributed by atoms with Crippen LogP contribution in [0.25, 0.3) is 0 Å². The van der Waals surface area contributed by atoms with Gasteiger partial charge in [-0.1, -0.05) is 0 Å². The molecule has 0 aromatic heterocycles. The van der Waals surface area contributed by atoms with Crippen molar-refractivity contribution < 1.29 is 22.3 Å². The number of rotatable bonds is 4. The number of carbonyl (C=O) groups excluding carboxylic acids is 1. The van der Waals surface area contributed by atoms with Crippen molar-refractivity contribution in [1.82, 2.24) is 0 Å². The van der Waals surface area contributed by atoms with Crippen molar-refractivity contribution >= 4 is 33.2 Å². The SMILES string of the molecule is Cc1cc2c(cc1NC(=O)COc1ccc(F)cc1)N(C)S(=O)(=O)N2C. The number of nitrogens with one attached hydrogen (secondary N) is 1. The molecule has 1 N–H and O–H groups in total. The Morgan fingerprint density at radius 1 is 1.12 bits per heavy atom. The van der Waals surface area contributed by atoms with Crippen LogP contribution in [-0.2, 0) is 15.0 Å². The number of anilines is 3. The zero-order valence-corrected chi connectivity index (χ0v) is 15.3. The summed E-state index contributed by atoms with van der Waals surface area (Å²) in [4.78, 5) is 12.1. The van der Waals surface area contributed by atoms with Crippen LogP contribution in [0.15, 0.2) is 36.4 Å². The average molecular weight is 379 g/mol. The molecule has 26 heavy (non-hydrogen) atoms. The second kappa shape index (κ2) is 6.49. The fourth-order valence-electron chi connectivity index (χ4n) is 2.62. The molecule has 1 heterocycles. The largest absolute Gasteiger partial charge is 0.484 e.